The van der Waals surface area contributed by atoms with E-state index in [2.05, 4.69) is 28.0 Å². The van der Waals surface area contributed by atoms with Crippen LogP contribution in [0.3, 0.4) is 0 Å². The summed E-state index contributed by atoms with van der Waals surface area (Å²) in [6.07, 6.45) is 0.680. The van der Waals surface area contributed by atoms with Gasteiger partial charge in [-0.3, -0.25) is 11.3 Å². The molecule has 0 spiro atoms. The summed E-state index contributed by atoms with van der Waals surface area (Å²) in [5.74, 6) is 5.43. The van der Waals surface area contributed by atoms with Crippen LogP contribution in [0.15, 0.2) is 36.4 Å². The minimum atomic E-state index is -0.221. The highest BCUT2D eigenvalue weighted by atomic mass is 127. The van der Waals surface area contributed by atoms with E-state index in [9.17, 15) is 4.39 Å². The zero-order chi connectivity index (χ0) is 14.7. The summed E-state index contributed by atoms with van der Waals surface area (Å²) >= 11 is 8.33. The Morgan fingerprint density at radius 1 is 1.30 bits per heavy atom. The van der Waals surface area contributed by atoms with Gasteiger partial charge < -0.3 is 0 Å². The highest BCUT2D eigenvalue weighted by Gasteiger charge is 2.13. The summed E-state index contributed by atoms with van der Waals surface area (Å²) in [6, 6.07) is 10.6. The van der Waals surface area contributed by atoms with Crippen molar-refractivity contribution in [3.05, 3.63) is 67.5 Å². The van der Waals surface area contributed by atoms with Gasteiger partial charge in [-0.1, -0.05) is 23.7 Å². The van der Waals surface area contributed by atoms with Crippen molar-refractivity contribution >= 4 is 34.2 Å². The second kappa shape index (κ2) is 6.85. The molecule has 0 bridgehead atoms. The van der Waals surface area contributed by atoms with Gasteiger partial charge in [-0.15, -0.1) is 0 Å². The molecule has 3 N–H and O–H groups in total. The van der Waals surface area contributed by atoms with E-state index in [0.29, 0.717) is 11.4 Å². The second-order valence-corrected chi connectivity index (χ2v) is 6.24. The Bertz CT molecular complexity index is 619. The van der Waals surface area contributed by atoms with Crippen LogP contribution in [0.1, 0.15) is 22.7 Å². The SMILES string of the molecule is Cc1cc(F)ccc1CC(NN)c1ccc(I)c(Cl)c1. The molecule has 0 saturated heterocycles. The monoisotopic (exact) mass is 404 g/mol. The quantitative estimate of drug-likeness (QED) is 0.457. The fourth-order valence-corrected chi connectivity index (χ4v) is 2.63. The Hall–Kier alpha value is -0.690. The van der Waals surface area contributed by atoms with Gasteiger partial charge in [0.15, 0.2) is 0 Å². The molecule has 0 fully saturated rings. The molecule has 5 heteroatoms. The van der Waals surface area contributed by atoms with E-state index >= 15 is 0 Å². The maximum absolute atomic E-state index is 13.1. The molecule has 0 radical (unpaired) electrons. The van der Waals surface area contributed by atoms with Gasteiger partial charge in [0.1, 0.15) is 5.82 Å². The van der Waals surface area contributed by atoms with Gasteiger partial charge in [0, 0.05) is 3.57 Å². The molecule has 106 valence electrons. The number of rotatable bonds is 4. The van der Waals surface area contributed by atoms with Crippen molar-refractivity contribution in [1.29, 1.82) is 0 Å². The number of hydrazine groups is 1. The first-order valence-corrected chi connectivity index (χ1v) is 7.63. The second-order valence-electron chi connectivity index (χ2n) is 4.67. The van der Waals surface area contributed by atoms with Gasteiger partial charge in [-0.25, -0.2) is 4.39 Å². The predicted octanol–water partition coefficient (Wildman–Crippen LogP) is 4.14. The molecular weight excluding hydrogens is 390 g/mol. The summed E-state index contributed by atoms with van der Waals surface area (Å²) in [6.45, 7) is 1.90. The Kier molecular flexibility index (Phi) is 5.37. The number of aryl methyl sites for hydroxylation is 1. The Balaban J connectivity index is 2.26. The standard InChI is InChI=1S/C15H15ClFIN2/c1-9-6-12(17)4-2-10(9)8-15(20-19)11-3-5-14(18)13(16)7-11/h2-7,15,20H,8,19H2,1H3. The molecule has 0 aromatic heterocycles. The van der Waals surface area contributed by atoms with Crippen LogP contribution < -0.4 is 11.3 Å². The zero-order valence-corrected chi connectivity index (χ0v) is 13.9. The van der Waals surface area contributed by atoms with Crippen LogP contribution in [0.25, 0.3) is 0 Å². The predicted molar refractivity (Wildman–Crippen MR) is 89.1 cm³/mol. The average molecular weight is 405 g/mol. The maximum atomic E-state index is 13.1. The number of hydrogen-bond donors (Lipinski definition) is 2. The van der Waals surface area contributed by atoms with Crippen LogP contribution in [-0.4, -0.2) is 0 Å². The van der Waals surface area contributed by atoms with Gasteiger partial charge in [0.25, 0.3) is 0 Å². The van der Waals surface area contributed by atoms with E-state index in [1.807, 2.05) is 25.1 Å². The third-order valence-corrected chi connectivity index (χ3v) is 4.85. The van der Waals surface area contributed by atoms with Crippen LogP contribution in [0, 0.1) is 16.3 Å². The number of nitrogens with one attached hydrogen (secondary N) is 1. The van der Waals surface area contributed by atoms with E-state index in [1.165, 1.54) is 12.1 Å². The summed E-state index contributed by atoms with van der Waals surface area (Å²) in [5.41, 5.74) is 5.79. The fraction of sp³-hybridized carbons (Fsp3) is 0.200. The van der Waals surface area contributed by atoms with Crippen molar-refractivity contribution in [2.75, 3.05) is 0 Å². The van der Waals surface area contributed by atoms with Crippen LogP contribution >= 0.6 is 34.2 Å². The third kappa shape index (κ3) is 3.69. The highest BCUT2D eigenvalue weighted by Crippen LogP contribution is 2.26. The minimum absolute atomic E-state index is 0.0614. The molecule has 0 aliphatic rings. The number of nitrogens with two attached hydrogens (primary N) is 1. The topological polar surface area (TPSA) is 38.0 Å². The molecule has 1 atom stereocenters. The molecule has 0 amide bonds. The van der Waals surface area contributed by atoms with Gasteiger partial charge in [-0.05, 0) is 76.9 Å². The van der Waals surface area contributed by atoms with Crippen molar-refractivity contribution in [3.8, 4) is 0 Å². The Morgan fingerprint density at radius 2 is 2.05 bits per heavy atom. The molecule has 2 rings (SSSR count). The lowest BCUT2D eigenvalue weighted by Crippen LogP contribution is -2.29. The van der Waals surface area contributed by atoms with Gasteiger partial charge in [0.2, 0.25) is 0 Å². The van der Waals surface area contributed by atoms with Crippen molar-refractivity contribution in [1.82, 2.24) is 5.43 Å². The third-order valence-electron chi connectivity index (χ3n) is 3.28. The smallest absolute Gasteiger partial charge is 0.123 e. The maximum Gasteiger partial charge on any atom is 0.123 e. The van der Waals surface area contributed by atoms with E-state index in [0.717, 1.165) is 20.3 Å². The van der Waals surface area contributed by atoms with Gasteiger partial charge in [0.05, 0.1) is 11.1 Å². The van der Waals surface area contributed by atoms with Crippen molar-refractivity contribution < 1.29 is 4.39 Å². The number of benzene rings is 2. The molecule has 2 aromatic rings. The van der Waals surface area contributed by atoms with Crippen molar-refractivity contribution in [2.45, 2.75) is 19.4 Å². The lowest BCUT2D eigenvalue weighted by Gasteiger charge is -2.18. The van der Waals surface area contributed by atoms with E-state index < -0.39 is 0 Å². The molecule has 0 aliphatic heterocycles. The molecule has 1 unspecified atom stereocenters. The van der Waals surface area contributed by atoms with Gasteiger partial charge >= 0.3 is 0 Å². The summed E-state index contributed by atoms with van der Waals surface area (Å²) in [7, 11) is 0. The number of hydrogen-bond acceptors (Lipinski definition) is 2. The lowest BCUT2D eigenvalue weighted by atomic mass is 9.96. The molecule has 20 heavy (non-hydrogen) atoms. The van der Waals surface area contributed by atoms with Crippen LogP contribution in [0.4, 0.5) is 4.39 Å². The first-order valence-electron chi connectivity index (χ1n) is 6.17. The Morgan fingerprint density at radius 3 is 2.65 bits per heavy atom. The first-order chi connectivity index (χ1) is 9.51. The normalized spacial score (nSPS) is 12.4. The average Bonchev–Trinajstić information content (AvgIpc) is 2.41. The van der Waals surface area contributed by atoms with Crippen LogP contribution in [0.2, 0.25) is 5.02 Å². The molecular formula is C15H15ClFIN2. The van der Waals surface area contributed by atoms with Crippen LogP contribution in [-0.2, 0) is 6.42 Å². The first kappa shape index (κ1) is 15.7. The molecule has 2 nitrogen and oxygen atoms in total. The molecule has 0 heterocycles. The molecule has 0 saturated carbocycles. The molecule has 2 aromatic carbocycles. The van der Waals surface area contributed by atoms with Crippen molar-refractivity contribution in [2.24, 2.45) is 5.84 Å². The summed E-state index contributed by atoms with van der Waals surface area (Å²) in [4.78, 5) is 0. The van der Waals surface area contributed by atoms with Crippen molar-refractivity contribution in [3.63, 3.8) is 0 Å². The fourth-order valence-electron chi connectivity index (χ4n) is 2.11. The summed E-state index contributed by atoms with van der Waals surface area (Å²) < 4.78 is 14.1. The summed E-state index contributed by atoms with van der Waals surface area (Å²) in [5, 5.41) is 0.708. The lowest BCUT2D eigenvalue weighted by molar-refractivity contribution is 0.549. The van der Waals surface area contributed by atoms with E-state index in [-0.39, 0.29) is 11.9 Å². The zero-order valence-electron chi connectivity index (χ0n) is 11.0. The Labute approximate surface area is 136 Å². The largest absolute Gasteiger partial charge is 0.271 e. The van der Waals surface area contributed by atoms with E-state index in [4.69, 9.17) is 17.4 Å². The van der Waals surface area contributed by atoms with Gasteiger partial charge in [-0.2, -0.15) is 0 Å². The number of halogens is 3. The molecule has 0 aliphatic carbocycles. The minimum Gasteiger partial charge on any atom is -0.271 e. The van der Waals surface area contributed by atoms with E-state index in [1.54, 1.807) is 6.07 Å². The highest BCUT2D eigenvalue weighted by molar-refractivity contribution is 14.1. The van der Waals surface area contributed by atoms with Crippen LogP contribution in [0.5, 0.6) is 0 Å².